The summed E-state index contributed by atoms with van der Waals surface area (Å²) < 4.78 is 0. The summed E-state index contributed by atoms with van der Waals surface area (Å²) in [6.07, 6.45) is 12.8. The molecular weight excluding hydrogens is 248 g/mol. The van der Waals surface area contributed by atoms with E-state index in [2.05, 4.69) is 36.2 Å². The predicted molar refractivity (Wildman–Crippen MR) is 80.7 cm³/mol. The van der Waals surface area contributed by atoms with E-state index in [1.54, 1.807) is 0 Å². The second-order valence-corrected chi connectivity index (χ2v) is 6.56. The highest BCUT2D eigenvalue weighted by atomic mass is 16.1. The first kappa shape index (κ1) is 15.1. The second kappa shape index (κ2) is 6.47. The van der Waals surface area contributed by atoms with Crippen LogP contribution in [0.5, 0.6) is 0 Å². The summed E-state index contributed by atoms with van der Waals surface area (Å²) >= 11 is 0. The maximum absolute atomic E-state index is 9.17. The SMILES string of the molecule is CC(C)c1ncc(C2CC3(CCC3)C2)cn1.CCC=O. The molecule has 20 heavy (non-hydrogen) atoms. The third kappa shape index (κ3) is 3.25. The molecule has 110 valence electrons. The number of nitrogens with zero attached hydrogens (tertiary/aromatic N) is 2. The van der Waals surface area contributed by atoms with Crippen LogP contribution in [-0.2, 0) is 4.79 Å². The highest BCUT2D eigenvalue weighted by molar-refractivity contribution is 5.48. The molecule has 3 rings (SSSR count). The van der Waals surface area contributed by atoms with Crippen LogP contribution in [0.3, 0.4) is 0 Å². The quantitative estimate of drug-likeness (QED) is 0.774. The van der Waals surface area contributed by atoms with Gasteiger partial charge in [-0.2, -0.15) is 0 Å². The summed E-state index contributed by atoms with van der Waals surface area (Å²) in [6, 6.07) is 0. The topological polar surface area (TPSA) is 42.9 Å². The number of carbonyl (C=O) groups excluding carboxylic acids is 1. The molecule has 2 fully saturated rings. The molecule has 2 aliphatic carbocycles. The van der Waals surface area contributed by atoms with Crippen molar-refractivity contribution in [1.29, 1.82) is 0 Å². The molecule has 0 saturated heterocycles. The van der Waals surface area contributed by atoms with Crippen LogP contribution in [0.15, 0.2) is 12.4 Å². The summed E-state index contributed by atoms with van der Waals surface area (Å²) in [6.45, 7) is 6.09. The Kier molecular flexibility index (Phi) is 4.90. The minimum absolute atomic E-state index is 0.438. The van der Waals surface area contributed by atoms with Crippen LogP contribution in [0.2, 0.25) is 0 Å². The van der Waals surface area contributed by atoms with E-state index in [9.17, 15) is 4.79 Å². The van der Waals surface area contributed by atoms with Crippen molar-refractivity contribution < 1.29 is 4.79 Å². The smallest absolute Gasteiger partial charge is 0.130 e. The molecule has 1 spiro atoms. The van der Waals surface area contributed by atoms with Gasteiger partial charge in [0, 0.05) is 24.7 Å². The lowest BCUT2D eigenvalue weighted by molar-refractivity contribution is -0.107. The zero-order chi connectivity index (χ0) is 14.6. The van der Waals surface area contributed by atoms with Gasteiger partial charge < -0.3 is 4.79 Å². The highest BCUT2D eigenvalue weighted by Crippen LogP contribution is 2.61. The summed E-state index contributed by atoms with van der Waals surface area (Å²) in [7, 11) is 0. The average Bonchev–Trinajstić information content (AvgIpc) is 2.36. The lowest BCUT2D eigenvalue weighted by Gasteiger charge is -2.54. The van der Waals surface area contributed by atoms with Crippen molar-refractivity contribution in [3.63, 3.8) is 0 Å². The van der Waals surface area contributed by atoms with Crippen LogP contribution in [0.1, 0.15) is 82.5 Å². The van der Waals surface area contributed by atoms with Crippen LogP contribution in [0, 0.1) is 5.41 Å². The third-order valence-corrected chi connectivity index (χ3v) is 4.62. The molecule has 0 unspecified atom stereocenters. The van der Waals surface area contributed by atoms with Crippen LogP contribution >= 0.6 is 0 Å². The molecule has 0 bridgehead atoms. The summed E-state index contributed by atoms with van der Waals surface area (Å²) in [5.41, 5.74) is 2.11. The number of hydrogen-bond donors (Lipinski definition) is 0. The maximum Gasteiger partial charge on any atom is 0.130 e. The van der Waals surface area contributed by atoms with E-state index in [1.807, 2.05) is 6.92 Å². The fraction of sp³-hybridized carbons (Fsp3) is 0.706. The van der Waals surface area contributed by atoms with Crippen molar-refractivity contribution >= 4 is 6.29 Å². The Morgan fingerprint density at radius 1 is 1.30 bits per heavy atom. The van der Waals surface area contributed by atoms with Crippen molar-refractivity contribution in [1.82, 2.24) is 9.97 Å². The summed E-state index contributed by atoms with van der Waals surface area (Å²) in [5, 5.41) is 0. The minimum Gasteiger partial charge on any atom is -0.303 e. The maximum atomic E-state index is 9.17. The van der Waals surface area contributed by atoms with E-state index in [-0.39, 0.29) is 0 Å². The van der Waals surface area contributed by atoms with Crippen molar-refractivity contribution in [2.75, 3.05) is 0 Å². The van der Waals surface area contributed by atoms with Gasteiger partial charge >= 0.3 is 0 Å². The molecule has 2 saturated carbocycles. The monoisotopic (exact) mass is 274 g/mol. The minimum atomic E-state index is 0.438. The molecule has 0 radical (unpaired) electrons. The van der Waals surface area contributed by atoms with Gasteiger partial charge in [-0.15, -0.1) is 0 Å². The summed E-state index contributed by atoms with van der Waals surface area (Å²) in [4.78, 5) is 18.1. The number of carbonyl (C=O) groups is 1. The van der Waals surface area contributed by atoms with E-state index in [0.29, 0.717) is 12.3 Å². The van der Waals surface area contributed by atoms with E-state index in [4.69, 9.17) is 0 Å². The van der Waals surface area contributed by atoms with Crippen molar-refractivity contribution in [2.24, 2.45) is 5.41 Å². The molecule has 2 aliphatic rings. The molecule has 0 aromatic carbocycles. The summed E-state index contributed by atoms with van der Waals surface area (Å²) in [5.74, 6) is 2.16. The fourth-order valence-electron chi connectivity index (χ4n) is 3.16. The van der Waals surface area contributed by atoms with E-state index < -0.39 is 0 Å². The van der Waals surface area contributed by atoms with Gasteiger partial charge in [-0.3, -0.25) is 0 Å². The molecule has 1 heterocycles. The Balaban J connectivity index is 0.000000328. The van der Waals surface area contributed by atoms with Gasteiger partial charge in [0.2, 0.25) is 0 Å². The Morgan fingerprint density at radius 3 is 2.20 bits per heavy atom. The van der Waals surface area contributed by atoms with Crippen LogP contribution in [0.4, 0.5) is 0 Å². The van der Waals surface area contributed by atoms with Crippen LogP contribution < -0.4 is 0 Å². The average molecular weight is 274 g/mol. The molecule has 1 aromatic heterocycles. The lowest BCUT2D eigenvalue weighted by Crippen LogP contribution is -2.41. The van der Waals surface area contributed by atoms with Crippen molar-refractivity contribution in [3.8, 4) is 0 Å². The van der Waals surface area contributed by atoms with E-state index in [0.717, 1.165) is 23.4 Å². The standard InChI is InChI=1S/C14H20N2.C3H6O/c1-10(2)13-15-8-12(9-16-13)11-6-14(7-11)4-3-5-14;1-2-3-4/h8-11H,3-7H2,1-2H3;3H,2H2,1H3. The predicted octanol–water partition coefficient (Wildman–Crippen LogP) is 4.24. The molecule has 3 heteroatoms. The molecule has 1 aromatic rings. The molecule has 0 aliphatic heterocycles. The first-order valence-electron chi connectivity index (χ1n) is 7.85. The van der Waals surface area contributed by atoms with Crippen LogP contribution in [0.25, 0.3) is 0 Å². The first-order valence-corrected chi connectivity index (χ1v) is 7.85. The number of hydrogen-bond acceptors (Lipinski definition) is 3. The second-order valence-electron chi connectivity index (χ2n) is 6.56. The Bertz CT molecular complexity index is 427. The van der Waals surface area contributed by atoms with Gasteiger partial charge in [-0.25, -0.2) is 9.97 Å². The molecule has 0 N–H and O–H groups in total. The third-order valence-electron chi connectivity index (χ3n) is 4.62. The van der Waals surface area contributed by atoms with Gasteiger partial charge in [0.1, 0.15) is 12.1 Å². The van der Waals surface area contributed by atoms with E-state index >= 15 is 0 Å². The molecular formula is C17H26N2O. The Hall–Kier alpha value is -1.25. The first-order chi connectivity index (χ1) is 9.60. The number of rotatable bonds is 3. The largest absolute Gasteiger partial charge is 0.303 e. The van der Waals surface area contributed by atoms with Gasteiger partial charge in [-0.1, -0.05) is 27.2 Å². The molecule has 0 atom stereocenters. The zero-order valence-corrected chi connectivity index (χ0v) is 12.9. The van der Waals surface area contributed by atoms with Gasteiger partial charge in [0.05, 0.1) is 0 Å². The number of aromatic nitrogens is 2. The van der Waals surface area contributed by atoms with Crippen molar-refractivity contribution in [2.45, 2.75) is 71.1 Å². The van der Waals surface area contributed by atoms with Gasteiger partial charge in [0.15, 0.2) is 0 Å². The fourth-order valence-corrected chi connectivity index (χ4v) is 3.16. The van der Waals surface area contributed by atoms with E-state index in [1.165, 1.54) is 37.7 Å². The molecule has 3 nitrogen and oxygen atoms in total. The van der Waals surface area contributed by atoms with Gasteiger partial charge in [-0.05, 0) is 42.6 Å². The Morgan fingerprint density at radius 2 is 1.85 bits per heavy atom. The highest BCUT2D eigenvalue weighted by Gasteiger charge is 2.48. The van der Waals surface area contributed by atoms with Crippen LogP contribution in [-0.4, -0.2) is 16.3 Å². The zero-order valence-electron chi connectivity index (χ0n) is 12.9. The lowest BCUT2D eigenvalue weighted by atomic mass is 9.51. The molecule has 0 amide bonds. The number of aldehydes is 1. The van der Waals surface area contributed by atoms with Gasteiger partial charge in [0.25, 0.3) is 0 Å². The normalized spacial score (nSPS) is 19.8. The van der Waals surface area contributed by atoms with Crippen molar-refractivity contribution in [3.05, 3.63) is 23.8 Å². The Labute approximate surface area is 122 Å².